The van der Waals surface area contributed by atoms with Crippen molar-refractivity contribution in [1.29, 1.82) is 0 Å². The smallest absolute Gasteiger partial charge is 0.229 e. The quantitative estimate of drug-likeness (QED) is 0.542. The molecule has 31 heavy (non-hydrogen) atoms. The molecule has 5 rings (SSSR count). The van der Waals surface area contributed by atoms with E-state index in [2.05, 4.69) is 25.3 Å². The van der Waals surface area contributed by atoms with Gasteiger partial charge in [-0.15, -0.1) is 11.3 Å². The van der Waals surface area contributed by atoms with Gasteiger partial charge in [0.05, 0.1) is 23.5 Å². The van der Waals surface area contributed by atoms with Gasteiger partial charge in [0, 0.05) is 23.3 Å². The van der Waals surface area contributed by atoms with Crippen LogP contribution in [0.5, 0.6) is 0 Å². The molecule has 1 fully saturated rings. The van der Waals surface area contributed by atoms with Gasteiger partial charge in [0.15, 0.2) is 26.4 Å². The molecule has 3 aromatic rings. The van der Waals surface area contributed by atoms with Crippen LogP contribution in [-0.2, 0) is 26.8 Å². The van der Waals surface area contributed by atoms with Crippen molar-refractivity contribution in [3.05, 3.63) is 22.2 Å². The van der Waals surface area contributed by atoms with Gasteiger partial charge >= 0.3 is 0 Å². The third-order valence-corrected chi connectivity index (χ3v) is 8.81. The Morgan fingerprint density at radius 1 is 1.23 bits per heavy atom. The second kappa shape index (κ2) is 7.68. The monoisotopic (exact) mass is 481 g/mol. The molecule has 0 atom stereocenters. The van der Waals surface area contributed by atoms with Crippen molar-refractivity contribution in [3.63, 3.8) is 0 Å². The van der Waals surface area contributed by atoms with Crippen molar-refractivity contribution in [1.82, 2.24) is 24.5 Å². The van der Waals surface area contributed by atoms with Gasteiger partial charge in [-0.1, -0.05) is 0 Å². The molecule has 3 N–H and O–H groups in total. The molecule has 0 spiro atoms. The second-order valence-corrected chi connectivity index (χ2v) is 11.5. The molecular formula is C18H20ClN7O3S2. The number of rotatable bonds is 3. The van der Waals surface area contributed by atoms with E-state index in [9.17, 15) is 13.2 Å². The van der Waals surface area contributed by atoms with Crippen LogP contribution in [0.2, 0.25) is 5.28 Å². The Kier molecular flexibility index (Phi) is 5.10. The number of amides is 1. The fourth-order valence-electron chi connectivity index (χ4n) is 4.27. The molecule has 0 bridgehead atoms. The molecule has 164 valence electrons. The molecular weight excluding hydrogens is 462 g/mol. The number of nitrogens with one attached hydrogen (secondary N) is 1. The van der Waals surface area contributed by atoms with Crippen LogP contribution in [0.25, 0.3) is 11.2 Å². The first-order valence-corrected chi connectivity index (χ1v) is 13.0. The number of aryl methyl sites for hydroxylation is 1. The zero-order valence-corrected chi connectivity index (χ0v) is 18.8. The molecule has 13 heteroatoms. The Labute approximate surface area is 187 Å². The summed E-state index contributed by atoms with van der Waals surface area (Å²) in [6.07, 6.45) is 5.11. The van der Waals surface area contributed by atoms with E-state index >= 15 is 0 Å². The summed E-state index contributed by atoms with van der Waals surface area (Å²) in [6.45, 7) is 0. The van der Waals surface area contributed by atoms with E-state index in [-0.39, 0.29) is 40.5 Å². The largest absolute Gasteiger partial charge is 0.382 e. The average Bonchev–Trinajstić information content (AvgIpc) is 3.30. The van der Waals surface area contributed by atoms with Gasteiger partial charge in [-0.2, -0.15) is 9.97 Å². The molecule has 0 radical (unpaired) electrons. The topological polar surface area (TPSA) is 146 Å². The molecule has 1 aliphatic heterocycles. The number of thiazole rings is 1. The van der Waals surface area contributed by atoms with Gasteiger partial charge in [0.25, 0.3) is 0 Å². The number of anilines is 2. The van der Waals surface area contributed by atoms with E-state index in [4.69, 9.17) is 17.3 Å². The van der Waals surface area contributed by atoms with Crippen LogP contribution in [0.4, 0.5) is 10.9 Å². The maximum absolute atomic E-state index is 12.8. The van der Waals surface area contributed by atoms with Crippen molar-refractivity contribution in [3.8, 4) is 0 Å². The van der Waals surface area contributed by atoms with Gasteiger partial charge in [-0.05, 0) is 37.3 Å². The third-order valence-electron chi connectivity index (χ3n) is 5.89. The van der Waals surface area contributed by atoms with Gasteiger partial charge in [-0.25, -0.2) is 18.4 Å². The second-order valence-electron chi connectivity index (χ2n) is 7.93. The van der Waals surface area contributed by atoms with Gasteiger partial charge in [0.1, 0.15) is 5.52 Å². The molecule has 1 saturated carbocycles. The first-order chi connectivity index (χ1) is 14.8. The van der Waals surface area contributed by atoms with Crippen LogP contribution in [0, 0.1) is 5.92 Å². The molecule has 1 amide bonds. The number of hydrogen-bond donors (Lipinski definition) is 2. The minimum atomic E-state index is -3.06. The minimum absolute atomic E-state index is 0.0118. The van der Waals surface area contributed by atoms with E-state index in [0.29, 0.717) is 35.6 Å². The van der Waals surface area contributed by atoms with Crippen LogP contribution in [0.15, 0.2) is 6.33 Å². The summed E-state index contributed by atoms with van der Waals surface area (Å²) in [6, 6.07) is 0.150. The summed E-state index contributed by atoms with van der Waals surface area (Å²) in [4.78, 5) is 30.4. The summed E-state index contributed by atoms with van der Waals surface area (Å²) in [7, 11) is -3.06. The molecule has 3 aromatic heterocycles. The van der Waals surface area contributed by atoms with E-state index in [1.54, 1.807) is 6.33 Å². The molecule has 0 unspecified atom stereocenters. The summed E-state index contributed by atoms with van der Waals surface area (Å²) in [5.41, 5.74) is 7.80. The number of aromatic nitrogens is 5. The number of carbonyl (C=O) groups is 1. The number of carbonyl (C=O) groups excluding carboxylic acids is 1. The maximum atomic E-state index is 12.8. The summed E-state index contributed by atoms with van der Waals surface area (Å²) >= 11 is 7.21. The minimum Gasteiger partial charge on any atom is -0.382 e. The molecule has 10 nitrogen and oxygen atoms in total. The van der Waals surface area contributed by atoms with Crippen molar-refractivity contribution >= 4 is 60.8 Å². The van der Waals surface area contributed by atoms with Gasteiger partial charge in [-0.3, -0.25) is 4.79 Å². The number of nitrogens with zero attached hydrogens (tertiary/aromatic N) is 5. The first-order valence-electron chi connectivity index (χ1n) is 9.94. The van der Waals surface area contributed by atoms with Crippen LogP contribution in [-0.4, -0.2) is 44.6 Å². The lowest BCUT2D eigenvalue weighted by atomic mass is 9.85. The Bertz CT molecular complexity index is 1280. The SMILES string of the molecule is Nc1nc(Cl)nc2c1ncn2[C@H]1CC[C@@H](C(=O)Nc2nc3c(s2)CS(=O)(=O)CC3)CC1. The maximum Gasteiger partial charge on any atom is 0.229 e. The van der Waals surface area contributed by atoms with E-state index in [1.165, 1.54) is 11.3 Å². The van der Waals surface area contributed by atoms with Crippen LogP contribution < -0.4 is 11.1 Å². The third kappa shape index (κ3) is 3.99. The number of halogens is 1. The lowest BCUT2D eigenvalue weighted by molar-refractivity contribution is -0.120. The lowest BCUT2D eigenvalue weighted by Crippen LogP contribution is -2.28. The zero-order chi connectivity index (χ0) is 21.8. The fraction of sp³-hybridized carbons (Fsp3) is 0.500. The van der Waals surface area contributed by atoms with E-state index in [1.807, 2.05) is 4.57 Å². The molecule has 0 aromatic carbocycles. The number of nitrogens with two attached hydrogens (primary N) is 1. The highest BCUT2D eigenvalue weighted by molar-refractivity contribution is 7.90. The Morgan fingerprint density at radius 2 is 2.00 bits per heavy atom. The predicted molar refractivity (Wildman–Crippen MR) is 118 cm³/mol. The van der Waals surface area contributed by atoms with Crippen molar-refractivity contribution in [2.45, 2.75) is 43.9 Å². The Balaban J connectivity index is 1.24. The zero-order valence-electron chi connectivity index (χ0n) is 16.4. The van der Waals surface area contributed by atoms with Crippen LogP contribution in [0.1, 0.15) is 42.3 Å². The Morgan fingerprint density at radius 3 is 2.77 bits per heavy atom. The highest BCUT2D eigenvalue weighted by Gasteiger charge is 2.30. The summed E-state index contributed by atoms with van der Waals surface area (Å²) in [5, 5.41) is 3.46. The fourth-order valence-corrected chi connectivity index (χ4v) is 7.24. The summed E-state index contributed by atoms with van der Waals surface area (Å²) < 4.78 is 25.6. The van der Waals surface area contributed by atoms with Crippen LogP contribution in [0.3, 0.4) is 0 Å². The number of imidazole rings is 1. The van der Waals surface area contributed by atoms with Crippen molar-refractivity contribution in [2.75, 3.05) is 16.8 Å². The first kappa shape index (κ1) is 20.6. The van der Waals surface area contributed by atoms with Crippen molar-refractivity contribution in [2.24, 2.45) is 5.92 Å². The normalized spacial score (nSPS) is 22.9. The predicted octanol–water partition coefficient (Wildman–Crippen LogP) is 2.36. The highest BCUT2D eigenvalue weighted by Crippen LogP contribution is 2.36. The highest BCUT2D eigenvalue weighted by atomic mass is 35.5. The van der Waals surface area contributed by atoms with Crippen LogP contribution >= 0.6 is 22.9 Å². The standard InChI is InChI=1S/C18H20ClN7O3S2/c19-17-23-14(20)13-15(24-17)26(8-21-13)10-3-1-9(2-4-10)16(27)25-18-22-11-5-6-31(28,29)7-12(11)30-18/h8-10H,1-7H2,(H2,20,23,24)(H,22,25,27)/t9-,10+. The summed E-state index contributed by atoms with van der Waals surface area (Å²) in [5.74, 6) is 0.182. The molecule has 1 aliphatic carbocycles. The number of nitrogen functional groups attached to an aromatic ring is 1. The lowest BCUT2D eigenvalue weighted by Gasteiger charge is -2.28. The van der Waals surface area contributed by atoms with Crippen molar-refractivity contribution < 1.29 is 13.2 Å². The average molecular weight is 482 g/mol. The molecule has 2 aliphatic rings. The van der Waals surface area contributed by atoms with E-state index in [0.717, 1.165) is 23.4 Å². The number of sulfone groups is 1. The van der Waals surface area contributed by atoms with E-state index < -0.39 is 9.84 Å². The number of fused-ring (bicyclic) bond motifs is 2. The van der Waals surface area contributed by atoms with Gasteiger partial charge < -0.3 is 15.6 Å². The number of hydrogen-bond acceptors (Lipinski definition) is 9. The molecule has 0 saturated heterocycles. The Hall–Kier alpha value is -2.31. The molecule has 4 heterocycles. The van der Waals surface area contributed by atoms with Gasteiger partial charge in [0.2, 0.25) is 11.2 Å².